The van der Waals surface area contributed by atoms with E-state index in [1.807, 2.05) is 26.0 Å². The molecular weight excluding hydrogens is 662 g/mol. The molecule has 6 nitrogen and oxygen atoms in total. The topological polar surface area (TPSA) is 58.1 Å². The van der Waals surface area contributed by atoms with Crippen molar-refractivity contribution in [2.75, 3.05) is 20.3 Å². The zero-order valence-electron chi connectivity index (χ0n) is 27.9. The number of hydrogen-bond acceptors (Lipinski definition) is 5. The number of nitrogens with zero attached hydrogens (tertiary/aromatic N) is 2. The second-order valence-corrected chi connectivity index (χ2v) is 11.7. The predicted molar refractivity (Wildman–Crippen MR) is 180 cm³/mol. The lowest BCUT2D eigenvalue weighted by molar-refractivity contribution is -0.288. The molecule has 0 fully saturated rings. The third-order valence-corrected chi connectivity index (χ3v) is 8.22. The number of rotatable bonds is 12. The maximum absolute atomic E-state index is 15.0. The quantitative estimate of drug-likeness (QED) is 0.0639. The van der Waals surface area contributed by atoms with Crippen LogP contribution in [0.5, 0.6) is 11.5 Å². The first-order valence-corrected chi connectivity index (χ1v) is 16.4. The molecular formula is C38H38F6N2O4. The van der Waals surface area contributed by atoms with Gasteiger partial charge in [0.25, 0.3) is 0 Å². The van der Waals surface area contributed by atoms with Gasteiger partial charge >= 0.3 is 12.4 Å². The van der Waals surface area contributed by atoms with Crippen molar-refractivity contribution in [3.63, 3.8) is 0 Å². The molecule has 0 atom stereocenters. The van der Waals surface area contributed by atoms with Gasteiger partial charge in [0.2, 0.25) is 11.3 Å². The SMILES string of the molecule is CCCCOc1ccc(-n2oc3ccc(C(c4ccc(OC(=NC)C5=C/CC/C=C(OCCC)/C=C\5)cc4)(C(F)(F)F)C(F)(F)F)cc32)cc1. The Balaban J connectivity index is 1.47. The lowest BCUT2D eigenvalue weighted by Gasteiger charge is -2.38. The summed E-state index contributed by atoms with van der Waals surface area (Å²) in [6, 6.07) is 13.1. The fraction of sp³-hybridized carbons (Fsp3) is 0.342. The van der Waals surface area contributed by atoms with Crippen molar-refractivity contribution in [1.29, 1.82) is 0 Å². The Labute approximate surface area is 286 Å². The van der Waals surface area contributed by atoms with Crippen molar-refractivity contribution >= 4 is 17.0 Å². The molecule has 0 saturated carbocycles. The molecule has 50 heavy (non-hydrogen) atoms. The molecule has 0 saturated heterocycles. The summed E-state index contributed by atoms with van der Waals surface area (Å²) in [7, 11) is 1.48. The van der Waals surface area contributed by atoms with Gasteiger partial charge in [-0.3, -0.25) is 4.99 Å². The number of unbranched alkanes of at least 4 members (excludes halogenated alkanes) is 1. The second-order valence-electron chi connectivity index (χ2n) is 11.7. The molecule has 0 aliphatic heterocycles. The van der Waals surface area contributed by atoms with E-state index in [2.05, 4.69) is 4.99 Å². The van der Waals surface area contributed by atoms with Crippen LogP contribution in [0.4, 0.5) is 26.3 Å². The summed E-state index contributed by atoms with van der Waals surface area (Å²) in [6.07, 6.45) is -0.218. The normalized spacial score (nSPS) is 17.3. The highest BCUT2D eigenvalue weighted by Crippen LogP contribution is 2.56. The van der Waals surface area contributed by atoms with Gasteiger partial charge in [-0.25, -0.2) is 0 Å². The van der Waals surface area contributed by atoms with Crippen LogP contribution < -0.4 is 9.47 Å². The van der Waals surface area contributed by atoms with E-state index in [-0.39, 0.29) is 22.7 Å². The van der Waals surface area contributed by atoms with Crippen LogP contribution in [-0.4, -0.2) is 43.3 Å². The highest BCUT2D eigenvalue weighted by molar-refractivity contribution is 5.97. The highest BCUT2D eigenvalue weighted by Gasteiger charge is 2.72. The Bertz CT molecular complexity index is 1850. The third-order valence-electron chi connectivity index (χ3n) is 8.22. The highest BCUT2D eigenvalue weighted by atomic mass is 19.4. The summed E-state index contributed by atoms with van der Waals surface area (Å²) >= 11 is 0. The maximum atomic E-state index is 15.0. The van der Waals surface area contributed by atoms with Crippen molar-refractivity contribution in [1.82, 2.24) is 4.74 Å². The molecule has 0 radical (unpaired) electrons. The van der Waals surface area contributed by atoms with Gasteiger partial charge in [0.15, 0.2) is 5.58 Å². The van der Waals surface area contributed by atoms with Crippen LogP contribution in [0.25, 0.3) is 16.8 Å². The molecule has 0 unspecified atom stereocenters. The van der Waals surface area contributed by atoms with E-state index in [4.69, 9.17) is 18.7 Å². The lowest BCUT2D eigenvalue weighted by atomic mass is 9.72. The summed E-state index contributed by atoms with van der Waals surface area (Å²) < 4.78 is 114. The van der Waals surface area contributed by atoms with Crippen LogP contribution in [0, 0.1) is 0 Å². The molecule has 1 heterocycles. The number of aliphatic imine (C=N–C) groups is 1. The Morgan fingerprint density at radius 2 is 1.42 bits per heavy atom. The van der Waals surface area contributed by atoms with Crippen LogP contribution >= 0.6 is 0 Å². The number of allylic oxidation sites excluding steroid dienone is 3. The van der Waals surface area contributed by atoms with E-state index in [1.54, 1.807) is 36.4 Å². The van der Waals surface area contributed by atoms with Gasteiger partial charge in [0.05, 0.1) is 18.9 Å². The van der Waals surface area contributed by atoms with Crippen LogP contribution in [0.2, 0.25) is 0 Å². The minimum atomic E-state index is -5.77. The number of hydrogen-bond donors (Lipinski definition) is 0. The van der Waals surface area contributed by atoms with Crippen molar-refractivity contribution in [3.05, 3.63) is 113 Å². The van der Waals surface area contributed by atoms with Gasteiger partial charge in [0, 0.05) is 12.6 Å². The molecule has 4 aromatic rings. The van der Waals surface area contributed by atoms with E-state index in [9.17, 15) is 0 Å². The van der Waals surface area contributed by atoms with Gasteiger partial charge in [-0.05, 0) is 104 Å². The van der Waals surface area contributed by atoms with Gasteiger partial charge in [-0.2, -0.15) is 31.1 Å². The van der Waals surface area contributed by atoms with Gasteiger partial charge in [-0.15, -0.1) is 0 Å². The van der Waals surface area contributed by atoms with Gasteiger partial charge < -0.3 is 18.7 Å². The number of aromatic nitrogens is 1. The molecule has 3 aromatic carbocycles. The van der Waals surface area contributed by atoms with Crippen molar-refractivity contribution in [3.8, 4) is 17.2 Å². The minimum absolute atomic E-state index is 0.0146. The Morgan fingerprint density at radius 1 is 0.760 bits per heavy atom. The van der Waals surface area contributed by atoms with E-state index >= 15 is 26.3 Å². The lowest BCUT2D eigenvalue weighted by Crippen LogP contribution is -2.54. The molecule has 266 valence electrons. The first-order chi connectivity index (χ1) is 23.9. The molecule has 1 aromatic heterocycles. The number of ether oxygens (including phenoxy) is 3. The number of halogens is 6. The van der Waals surface area contributed by atoms with Crippen molar-refractivity contribution in [2.45, 2.75) is 63.7 Å². The monoisotopic (exact) mass is 700 g/mol. The smallest absolute Gasteiger partial charge is 0.411 e. The molecule has 0 amide bonds. The van der Waals surface area contributed by atoms with Gasteiger partial charge in [-0.1, -0.05) is 44.5 Å². The standard InChI is InChI=1S/C38H38F6N2O4/c1-4-6-24-48-31-20-15-29(16-21-31)46-33-25-28(14-22-34(33)50-46)36(37(39,40)41,38(42,43)44)27-12-18-32(19-13-27)49-35(45-3)26-9-7-8-10-30(17-11-26)47-23-5-2/h9-22,25H,4-8,23-24H2,1-3H3/b17-11-,26-9+,30-10-,45-35?. The van der Waals surface area contributed by atoms with E-state index in [1.165, 1.54) is 11.8 Å². The van der Waals surface area contributed by atoms with Crippen LogP contribution in [0.1, 0.15) is 57.1 Å². The Hall–Kier alpha value is -4.87. The largest absolute Gasteiger partial charge is 0.494 e. The molecule has 12 heteroatoms. The minimum Gasteiger partial charge on any atom is -0.494 e. The summed E-state index contributed by atoms with van der Waals surface area (Å²) in [5.74, 6) is 1.42. The van der Waals surface area contributed by atoms with Gasteiger partial charge in [0.1, 0.15) is 22.8 Å². The molecule has 1 aliphatic carbocycles. The summed E-state index contributed by atoms with van der Waals surface area (Å²) in [5, 5.41) is 0. The first-order valence-electron chi connectivity index (χ1n) is 16.4. The zero-order chi connectivity index (χ0) is 35.9. The van der Waals surface area contributed by atoms with Crippen LogP contribution in [0.3, 0.4) is 0 Å². The van der Waals surface area contributed by atoms with Crippen molar-refractivity contribution in [2.24, 2.45) is 4.99 Å². The maximum Gasteiger partial charge on any atom is 0.411 e. The molecule has 0 bridgehead atoms. The fourth-order valence-electron chi connectivity index (χ4n) is 5.66. The predicted octanol–water partition coefficient (Wildman–Crippen LogP) is 10.8. The summed E-state index contributed by atoms with van der Waals surface area (Å²) in [5.41, 5.74) is -5.19. The van der Waals surface area contributed by atoms with E-state index < -0.39 is 28.9 Å². The Kier molecular flexibility index (Phi) is 11.2. The summed E-state index contributed by atoms with van der Waals surface area (Å²) in [4.78, 5) is 4.17. The number of fused-ring (bicyclic) bond motifs is 1. The zero-order valence-corrected chi connectivity index (χ0v) is 27.9. The molecule has 0 spiro atoms. The fourth-order valence-corrected chi connectivity index (χ4v) is 5.66. The molecule has 5 rings (SSSR count). The van der Waals surface area contributed by atoms with Crippen LogP contribution in [0.15, 0.2) is 112 Å². The van der Waals surface area contributed by atoms with Crippen molar-refractivity contribution < 1.29 is 45.1 Å². The summed E-state index contributed by atoms with van der Waals surface area (Å²) in [6.45, 7) is 5.08. The number of alkyl halides is 6. The molecule has 0 N–H and O–H groups in total. The van der Waals surface area contributed by atoms with E-state index in [0.29, 0.717) is 48.8 Å². The van der Waals surface area contributed by atoms with Crippen LogP contribution in [-0.2, 0) is 10.2 Å². The average molecular weight is 701 g/mol. The third kappa shape index (κ3) is 7.49. The second kappa shape index (κ2) is 15.3. The first kappa shape index (κ1) is 36.4. The average Bonchev–Trinajstić information content (AvgIpc) is 3.05. The number of benzene rings is 3. The molecule has 1 aliphatic rings. The van der Waals surface area contributed by atoms with E-state index in [0.717, 1.165) is 61.7 Å². The Morgan fingerprint density at radius 3 is 2.06 bits per heavy atom.